The number of carbonyl (C=O) groups excluding carboxylic acids is 1. The highest BCUT2D eigenvalue weighted by Crippen LogP contribution is 2.13. The lowest BCUT2D eigenvalue weighted by atomic mass is 10.2. The monoisotopic (exact) mass is 276 g/mol. The van der Waals surface area contributed by atoms with Crippen LogP contribution >= 0.6 is 11.3 Å². The van der Waals surface area contributed by atoms with Gasteiger partial charge in [0.25, 0.3) is 5.91 Å². The lowest BCUT2D eigenvalue weighted by Crippen LogP contribution is -2.20. The van der Waals surface area contributed by atoms with Gasteiger partial charge in [0, 0.05) is 0 Å². The Morgan fingerprint density at radius 2 is 2.32 bits per heavy atom. The van der Waals surface area contributed by atoms with Crippen LogP contribution in [0.3, 0.4) is 0 Å². The summed E-state index contributed by atoms with van der Waals surface area (Å²) < 4.78 is 5.10. The Morgan fingerprint density at radius 1 is 1.47 bits per heavy atom. The number of hydrogen-bond donors (Lipinski definition) is 1. The van der Waals surface area contributed by atoms with E-state index in [0.29, 0.717) is 11.3 Å². The van der Waals surface area contributed by atoms with Crippen LogP contribution in [0.25, 0.3) is 0 Å². The van der Waals surface area contributed by atoms with Gasteiger partial charge in [-0.25, -0.2) is 5.43 Å². The zero-order chi connectivity index (χ0) is 13.7. The molecule has 19 heavy (non-hydrogen) atoms. The largest absolute Gasteiger partial charge is 0.469 e. The van der Waals surface area contributed by atoms with Gasteiger partial charge in [-0.3, -0.25) is 4.79 Å². The molecule has 0 saturated heterocycles. The average Bonchev–Trinajstić information content (AvgIpc) is 3.05. The molecule has 2 rings (SSSR count). The number of aryl methyl sites for hydroxylation is 1. The molecule has 0 atom stereocenters. The maximum Gasteiger partial charge on any atom is 0.274 e. The summed E-state index contributed by atoms with van der Waals surface area (Å²) in [7, 11) is 0. The van der Waals surface area contributed by atoms with E-state index >= 15 is 0 Å². The van der Waals surface area contributed by atoms with Crippen LogP contribution in [0.15, 0.2) is 39.4 Å². The van der Waals surface area contributed by atoms with Gasteiger partial charge in [-0.05, 0) is 30.9 Å². The molecule has 0 saturated carbocycles. The number of nitrogens with one attached hydrogen (secondary N) is 1. The van der Waals surface area contributed by atoms with E-state index in [2.05, 4.69) is 17.5 Å². The molecule has 0 aliphatic heterocycles. The van der Waals surface area contributed by atoms with Crippen LogP contribution in [0, 0.1) is 6.92 Å². The van der Waals surface area contributed by atoms with Crippen LogP contribution in [-0.4, -0.2) is 11.6 Å². The van der Waals surface area contributed by atoms with Gasteiger partial charge in [-0.15, -0.1) is 11.3 Å². The van der Waals surface area contributed by atoms with Gasteiger partial charge in [0.1, 0.15) is 5.76 Å². The third kappa shape index (κ3) is 3.32. The maximum absolute atomic E-state index is 11.9. The molecule has 0 bridgehead atoms. The van der Waals surface area contributed by atoms with Crippen molar-refractivity contribution >= 4 is 23.0 Å². The molecule has 1 amide bonds. The number of rotatable bonds is 5. The van der Waals surface area contributed by atoms with Crippen LogP contribution in [0.5, 0.6) is 0 Å². The van der Waals surface area contributed by atoms with Crippen LogP contribution in [0.2, 0.25) is 0 Å². The first kappa shape index (κ1) is 13.5. The predicted octanol–water partition coefficient (Wildman–Crippen LogP) is 3.58. The molecule has 0 fully saturated rings. The molecule has 0 radical (unpaired) electrons. The van der Waals surface area contributed by atoms with Crippen LogP contribution in [-0.2, 0) is 0 Å². The zero-order valence-corrected chi connectivity index (χ0v) is 11.8. The van der Waals surface area contributed by atoms with E-state index in [1.165, 1.54) is 6.26 Å². The fourth-order valence-electron chi connectivity index (χ4n) is 1.71. The third-order valence-corrected chi connectivity index (χ3v) is 3.61. The molecule has 2 aromatic heterocycles. The number of hydrogen-bond acceptors (Lipinski definition) is 4. The standard InChI is InChI=1S/C14H16N2O2S/c1-3-5-12(13-6-4-9-19-13)15-16-14(17)11-7-8-18-10(11)2/h4,6-9H,3,5H2,1-2H3,(H,16,17)/b15-12-. The number of furan rings is 1. The van der Waals surface area contributed by atoms with Crippen molar-refractivity contribution in [3.63, 3.8) is 0 Å². The lowest BCUT2D eigenvalue weighted by molar-refractivity contribution is 0.0953. The second kappa shape index (κ2) is 6.33. The molecule has 1 N–H and O–H groups in total. The Kier molecular flexibility index (Phi) is 4.52. The summed E-state index contributed by atoms with van der Waals surface area (Å²) in [5, 5.41) is 6.24. The molecule has 0 unspecified atom stereocenters. The second-order valence-corrected chi connectivity index (χ2v) is 5.06. The summed E-state index contributed by atoms with van der Waals surface area (Å²) in [6.07, 6.45) is 3.32. The lowest BCUT2D eigenvalue weighted by Gasteiger charge is -2.03. The van der Waals surface area contributed by atoms with Gasteiger partial charge < -0.3 is 4.42 Å². The Morgan fingerprint density at radius 3 is 2.89 bits per heavy atom. The molecule has 2 aromatic rings. The summed E-state index contributed by atoms with van der Waals surface area (Å²) >= 11 is 1.62. The molecule has 4 nitrogen and oxygen atoms in total. The quantitative estimate of drug-likeness (QED) is 0.670. The van der Waals surface area contributed by atoms with Crippen molar-refractivity contribution < 1.29 is 9.21 Å². The SMILES string of the molecule is CCC/C(=N/NC(=O)c1ccoc1C)c1cccs1. The predicted molar refractivity (Wildman–Crippen MR) is 76.7 cm³/mol. The second-order valence-electron chi connectivity index (χ2n) is 4.12. The van der Waals surface area contributed by atoms with Gasteiger partial charge in [-0.2, -0.15) is 5.10 Å². The van der Waals surface area contributed by atoms with Crippen molar-refractivity contribution in [1.29, 1.82) is 0 Å². The molecule has 0 aromatic carbocycles. The smallest absolute Gasteiger partial charge is 0.274 e. The number of hydrazone groups is 1. The topological polar surface area (TPSA) is 54.6 Å². The highest BCUT2D eigenvalue weighted by atomic mass is 32.1. The van der Waals surface area contributed by atoms with Crippen LogP contribution in [0.4, 0.5) is 0 Å². The first-order chi connectivity index (χ1) is 9.22. The zero-order valence-electron chi connectivity index (χ0n) is 11.0. The van der Waals surface area contributed by atoms with Crippen LogP contribution < -0.4 is 5.43 Å². The molecule has 0 aliphatic carbocycles. The summed E-state index contributed by atoms with van der Waals surface area (Å²) in [6.45, 7) is 3.84. The summed E-state index contributed by atoms with van der Waals surface area (Å²) in [4.78, 5) is 13.0. The van der Waals surface area contributed by atoms with E-state index in [0.717, 1.165) is 23.4 Å². The number of thiophene rings is 1. The molecule has 100 valence electrons. The Bertz CT molecular complexity index is 570. The van der Waals surface area contributed by atoms with Gasteiger partial charge in [0.15, 0.2) is 0 Å². The van der Waals surface area contributed by atoms with Crippen molar-refractivity contribution in [3.8, 4) is 0 Å². The minimum absolute atomic E-state index is 0.239. The van der Waals surface area contributed by atoms with Crippen molar-refractivity contribution in [2.45, 2.75) is 26.7 Å². The van der Waals surface area contributed by atoms with E-state index in [1.54, 1.807) is 24.3 Å². The molecule has 2 heterocycles. The number of carbonyl (C=O) groups is 1. The van der Waals surface area contributed by atoms with E-state index in [4.69, 9.17) is 4.42 Å². The van der Waals surface area contributed by atoms with Crippen molar-refractivity contribution in [1.82, 2.24) is 5.43 Å². The van der Waals surface area contributed by atoms with Crippen LogP contribution in [0.1, 0.15) is 40.8 Å². The maximum atomic E-state index is 11.9. The van der Waals surface area contributed by atoms with Crippen molar-refractivity contribution in [2.75, 3.05) is 0 Å². The minimum atomic E-state index is -0.239. The summed E-state index contributed by atoms with van der Waals surface area (Å²) in [5.74, 6) is 0.359. The summed E-state index contributed by atoms with van der Waals surface area (Å²) in [5.41, 5.74) is 4.02. The third-order valence-electron chi connectivity index (χ3n) is 2.69. The van der Waals surface area contributed by atoms with E-state index in [1.807, 2.05) is 17.5 Å². The van der Waals surface area contributed by atoms with Gasteiger partial charge in [0.05, 0.1) is 22.4 Å². The van der Waals surface area contributed by atoms with Crippen molar-refractivity contribution in [3.05, 3.63) is 46.0 Å². The fourth-order valence-corrected chi connectivity index (χ4v) is 2.46. The van der Waals surface area contributed by atoms with Gasteiger partial charge >= 0.3 is 0 Å². The minimum Gasteiger partial charge on any atom is -0.469 e. The molecular formula is C14H16N2O2S. The summed E-state index contributed by atoms with van der Waals surface area (Å²) in [6, 6.07) is 5.63. The van der Waals surface area contributed by atoms with Gasteiger partial charge in [0.2, 0.25) is 0 Å². The van der Waals surface area contributed by atoms with E-state index in [-0.39, 0.29) is 5.91 Å². The Labute approximate surface area is 116 Å². The Balaban J connectivity index is 2.11. The number of nitrogens with zero attached hydrogens (tertiary/aromatic N) is 1. The Hall–Kier alpha value is -1.88. The fraction of sp³-hybridized carbons (Fsp3) is 0.286. The molecular weight excluding hydrogens is 260 g/mol. The first-order valence-electron chi connectivity index (χ1n) is 6.17. The van der Waals surface area contributed by atoms with E-state index < -0.39 is 0 Å². The van der Waals surface area contributed by atoms with E-state index in [9.17, 15) is 4.79 Å². The normalized spacial score (nSPS) is 11.6. The molecule has 5 heteroatoms. The first-order valence-corrected chi connectivity index (χ1v) is 7.05. The van der Waals surface area contributed by atoms with Gasteiger partial charge in [-0.1, -0.05) is 19.4 Å². The highest BCUT2D eigenvalue weighted by molar-refractivity contribution is 7.12. The average molecular weight is 276 g/mol. The molecule has 0 spiro atoms. The number of amides is 1. The van der Waals surface area contributed by atoms with Crippen molar-refractivity contribution in [2.24, 2.45) is 5.10 Å². The highest BCUT2D eigenvalue weighted by Gasteiger charge is 2.11. The molecule has 0 aliphatic rings.